The number of methoxy groups -OCH3 is 1. The van der Waals surface area contributed by atoms with E-state index in [1.807, 2.05) is 0 Å². The van der Waals surface area contributed by atoms with Crippen molar-refractivity contribution in [3.8, 4) is 0 Å². The smallest absolute Gasteiger partial charge is 0.305 e. The van der Waals surface area contributed by atoms with Crippen molar-refractivity contribution in [1.82, 2.24) is 0 Å². The highest BCUT2D eigenvalue weighted by Crippen LogP contribution is 2.17. The van der Waals surface area contributed by atoms with E-state index in [1.54, 1.807) is 24.3 Å². The minimum absolute atomic E-state index is 0.0257. The van der Waals surface area contributed by atoms with Gasteiger partial charge in [-0.3, -0.25) is 25.0 Å². The normalized spacial score (nSPS) is 11.7. The molecule has 0 saturated carbocycles. The Labute approximate surface area is 191 Å². The van der Waals surface area contributed by atoms with Gasteiger partial charge in [-0.1, -0.05) is 6.42 Å². The summed E-state index contributed by atoms with van der Waals surface area (Å²) in [6.07, 6.45) is 3.05. The van der Waals surface area contributed by atoms with Gasteiger partial charge < -0.3 is 14.2 Å². The van der Waals surface area contributed by atoms with Gasteiger partial charge in [0.2, 0.25) is 0 Å². The van der Waals surface area contributed by atoms with Crippen LogP contribution in [0, 0.1) is 20.2 Å². The van der Waals surface area contributed by atoms with E-state index in [4.69, 9.17) is 9.47 Å². The second-order valence-corrected chi connectivity index (χ2v) is 7.44. The molecular weight excluding hydrogens is 432 g/mol. The highest BCUT2D eigenvalue weighted by atomic mass is 16.6. The molecule has 0 heterocycles. The van der Waals surface area contributed by atoms with Gasteiger partial charge in [-0.05, 0) is 54.7 Å². The summed E-state index contributed by atoms with van der Waals surface area (Å²) in [5.74, 6) is -0.246. The van der Waals surface area contributed by atoms with Crippen LogP contribution in [0.25, 0.3) is 0 Å². The number of nitrogens with zero attached hydrogens (tertiary/aromatic N) is 2. The minimum Gasteiger partial charge on any atom is -0.469 e. The Bertz CT molecular complexity index is 900. The zero-order valence-electron chi connectivity index (χ0n) is 18.5. The SMILES string of the molecule is COC(=O)CCCC[C@@H](CCOCc1ccc([N+](=O)[O-])cc1)OCc1ccc([N+](=O)[O-])cc1. The van der Waals surface area contributed by atoms with E-state index in [0.29, 0.717) is 39.1 Å². The van der Waals surface area contributed by atoms with E-state index >= 15 is 0 Å². The molecule has 0 aliphatic heterocycles. The topological polar surface area (TPSA) is 131 Å². The molecule has 0 N–H and O–H groups in total. The Morgan fingerprint density at radius 1 is 0.848 bits per heavy atom. The van der Waals surface area contributed by atoms with Crippen LogP contribution in [0.4, 0.5) is 11.4 Å². The van der Waals surface area contributed by atoms with Gasteiger partial charge in [0, 0.05) is 37.3 Å². The molecule has 0 aliphatic carbocycles. The number of nitro benzene ring substituents is 2. The summed E-state index contributed by atoms with van der Waals surface area (Å²) in [4.78, 5) is 31.9. The minimum atomic E-state index is -0.447. The first-order valence-corrected chi connectivity index (χ1v) is 10.6. The molecule has 0 saturated heterocycles. The lowest BCUT2D eigenvalue weighted by molar-refractivity contribution is -0.385. The lowest BCUT2D eigenvalue weighted by Gasteiger charge is -2.18. The number of benzene rings is 2. The van der Waals surface area contributed by atoms with Crippen molar-refractivity contribution in [3.63, 3.8) is 0 Å². The number of nitro groups is 2. The zero-order chi connectivity index (χ0) is 24.1. The maximum Gasteiger partial charge on any atom is 0.305 e. The number of carbonyl (C=O) groups is 1. The molecule has 0 amide bonds. The van der Waals surface area contributed by atoms with Gasteiger partial charge >= 0.3 is 5.97 Å². The molecule has 2 aromatic carbocycles. The summed E-state index contributed by atoms with van der Waals surface area (Å²) < 4.78 is 16.4. The number of hydrogen-bond donors (Lipinski definition) is 0. The molecule has 0 aliphatic rings. The average molecular weight is 460 g/mol. The number of ether oxygens (including phenoxy) is 3. The number of unbranched alkanes of at least 4 members (excludes halogenated alkanes) is 1. The summed E-state index contributed by atoms with van der Waals surface area (Å²) in [7, 11) is 1.36. The molecular formula is C23H28N2O8. The molecule has 2 rings (SSSR count). The fourth-order valence-electron chi connectivity index (χ4n) is 3.10. The molecule has 0 bridgehead atoms. The van der Waals surface area contributed by atoms with Crippen molar-refractivity contribution in [1.29, 1.82) is 0 Å². The van der Waals surface area contributed by atoms with Gasteiger partial charge in [-0.25, -0.2) is 0 Å². The molecule has 178 valence electrons. The van der Waals surface area contributed by atoms with Crippen LogP contribution in [-0.4, -0.2) is 35.6 Å². The molecule has 1 atom stereocenters. The molecule has 0 fully saturated rings. The lowest BCUT2D eigenvalue weighted by Crippen LogP contribution is -2.16. The summed E-state index contributed by atoms with van der Waals surface area (Å²) in [5, 5.41) is 21.5. The predicted molar refractivity (Wildman–Crippen MR) is 120 cm³/mol. The van der Waals surface area contributed by atoms with Crippen LogP contribution in [0.1, 0.15) is 43.2 Å². The third kappa shape index (κ3) is 9.75. The number of carbonyl (C=O) groups excluding carboxylic acids is 1. The third-order valence-corrected chi connectivity index (χ3v) is 5.02. The number of esters is 1. The zero-order valence-corrected chi connectivity index (χ0v) is 18.5. The first-order chi connectivity index (χ1) is 15.9. The quantitative estimate of drug-likeness (QED) is 0.161. The van der Waals surface area contributed by atoms with Gasteiger partial charge in [0.25, 0.3) is 11.4 Å². The van der Waals surface area contributed by atoms with Gasteiger partial charge in [0.1, 0.15) is 0 Å². The molecule has 10 nitrogen and oxygen atoms in total. The molecule has 0 radical (unpaired) electrons. The van der Waals surface area contributed by atoms with Gasteiger partial charge in [0.05, 0.1) is 36.3 Å². The van der Waals surface area contributed by atoms with E-state index < -0.39 is 9.85 Å². The van der Waals surface area contributed by atoms with E-state index in [-0.39, 0.29) is 23.4 Å². The molecule has 33 heavy (non-hydrogen) atoms. The van der Waals surface area contributed by atoms with Crippen LogP contribution >= 0.6 is 0 Å². The van der Waals surface area contributed by atoms with Crippen molar-refractivity contribution < 1.29 is 28.9 Å². The summed E-state index contributed by atoms with van der Waals surface area (Å²) in [6.45, 7) is 1.07. The largest absolute Gasteiger partial charge is 0.469 e. The Kier molecular flexibility index (Phi) is 10.9. The highest BCUT2D eigenvalue weighted by Gasteiger charge is 2.12. The van der Waals surface area contributed by atoms with Crippen LogP contribution < -0.4 is 0 Å². The highest BCUT2D eigenvalue weighted by molar-refractivity contribution is 5.68. The fraction of sp³-hybridized carbons (Fsp3) is 0.435. The van der Waals surface area contributed by atoms with Crippen molar-refractivity contribution in [2.24, 2.45) is 0 Å². The molecule has 0 aromatic heterocycles. The standard InChI is InChI=1S/C23H28N2O8/c1-31-23(26)5-3-2-4-22(33-17-19-8-12-21(13-9-19)25(29)30)14-15-32-16-18-6-10-20(11-7-18)24(27)28/h6-13,22H,2-5,14-17H2,1H3/t22-/m0/s1. The van der Waals surface area contributed by atoms with E-state index in [2.05, 4.69) is 4.74 Å². The van der Waals surface area contributed by atoms with E-state index in [1.165, 1.54) is 31.4 Å². The van der Waals surface area contributed by atoms with Crippen LogP contribution in [0.5, 0.6) is 0 Å². The molecule has 2 aromatic rings. The monoisotopic (exact) mass is 460 g/mol. The first kappa shape index (κ1) is 25.9. The maximum absolute atomic E-state index is 11.3. The van der Waals surface area contributed by atoms with E-state index in [9.17, 15) is 25.0 Å². The van der Waals surface area contributed by atoms with Crippen LogP contribution in [0.3, 0.4) is 0 Å². The predicted octanol–water partition coefficient (Wildman–Crippen LogP) is 4.73. The van der Waals surface area contributed by atoms with Crippen molar-refractivity contribution in [2.45, 2.75) is 51.4 Å². The van der Waals surface area contributed by atoms with Crippen molar-refractivity contribution >= 4 is 17.3 Å². The van der Waals surface area contributed by atoms with E-state index in [0.717, 1.165) is 24.0 Å². The summed E-state index contributed by atoms with van der Waals surface area (Å²) in [5.41, 5.74) is 1.72. The average Bonchev–Trinajstić information content (AvgIpc) is 2.82. The second-order valence-electron chi connectivity index (χ2n) is 7.44. The van der Waals surface area contributed by atoms with Gasteiger partial charge in [-0.2, -0.15) is 0 Å². The van der Waals surface area contributed by atoms with Gasteiger partial charge in [0.15, 0.2) is 0 Å². The number of hydrogen-bond acceptors (Lipinski definition) is 8. The lowest BCUT2D eigenvalue weighted by atomic mass is 10.1. The Balaban J connectivity index is 1.82. The van der Waals surface area contributed by atoms with Crippen molar-refractivity contribution in [2.75, 3.05) is 13.7 Å². The second kappa shape index (κ2) is 13.9. The number of non-ortho nitro benzene ring substituents is 2. The Hall–Kier alpha value is -3.37. The first-order valence-electron chi connectivity index (χ1n) is 10.6. The third-order valence-electron chi connectivity index (χ3n) is 5.02. The van der Waals surface area contributed by atoms with Crippen LogP contribution in [0.15, 0.2) is 48.5 Å². The molecule has 0 unspecified atom stereocenters. The Morgan fingerprint density at radius 2 is 1.39 bits per heavy atom. The molecule has 10 heteroatoms. The summed E-state index contributed by atoms with van der Waals surface area (Å²) >= 11 is 0. The fourth-order valence-corrected chi connectivity index (χ4v) is 3.10. The van der Waals surface area contributed by atoms with Gasteiger partial charge in [-0.15, -0.1) is 0 Å². The maximum atomic E-state index is 11.3. The Morgan fingerprint density at radius 3 is 1.91 bits per heavy atom. The molecule has 0 spiro atoms. The van der Waals surface area contributed by atoms with Crippen LogP contribution in [0.2, 0.25) is 0 Å². The number of rotatable bonds is 15. The summed E-state index contributed by atoms with van der Waals surface area (Å²) in [6, 6.07) is 12.4. The van der Waals surface area contributed by atoms with Crippen molar-refractivity contribution in [3.05, 3.63) is 79.9 Å². The van der Waals surface area contributed by atoms with Crippen LogP contribution in [-0.2, 0) is 32.2 Å².